The Balaban J connectivity index is 1.30. The summed E-state index contributed by atoms with van der Waals surface area (Å²) >= 11 is 0. The highest BCUT2D eigenvalue weighted by Crippen LogP contribution is 2.32. The molecule has 2 heterocycles. The Hall–Kier alpha value is -3.54. The van der Waals surface area contributed by atoms with E-state index in [4.69, 9.17) is 9.47 Å². The number of amides is 1. The van der Waals surface area contributed by atoms with Gasteiger partial charge in [-0.1, -0.05) is 36.4 Å². The summed E-state index contributed by atoms with van der Waals surface area (Å²) in [6.07, 6.45) is 6.92. The number of hydrogen-bond donors (Lipinski definition) is 1. The van der Waals surface area contributed by atoms with Crippen LogP contribution in [0.2, 0.25) is 0 Å². The van der Waals surface area contributed by atoms with Gasteiger partial charge in [-0.3, -0.25) is 9.48 Å². The van der Waals surface area contributed by atoms with E-state index in [1.807, 2.05) is 47.3 Å². The number of fused-ring (bicyclic) bond motifs is 1. The van der Waals surface area contributed by atoms with E-state index in [0.717, 1.165) is 16.9 Å². The van der Waals surface area contributed by atoms with Crippen LogP contribution in [0.25, 0.3) is 6.08 Å². The monoisotopic (exact) mass is 361 g/mol. The summed E-state index contributed by atoms with van der Waals surface area (Å²) in [4.78, 5) is 12.0. The van der Waals surface area contributed by atoms with Crippen LogP contribution in [-0.4, -0.2) is 22.5 Å². The minimum Gasteiger partial charge on any atom is -0.454 e. The predicted molar refractivity (Wildman–Crippen MR) is 101 cm³/mol. The Morgan fingerprint density at radius 3 is 2.85 bits per heavy atom. The summed E-state index contributed by atoms with van der Waals surface area (Å²) in [6, 6.07) is 15.7. The molecule has 27 heavy (non-hydrogen) atoms. The molecule has 1 aliphatic heterocycles. The lowest BCUT2D eigenvalue weighted by molar-refractivity contribution is -0.116. The fourth-order valence-electron chi connectivity index (χ4n) is 2.79. The molecule has 0 fully saturated rings. The second-order valence-electron chi connectivity index (χ2n) is 6.20. The molecule has 0 saturated carbocycles. The Labute approximate surface area is 157 Å². The first-order chi connectivity index (χ1) is 13.3. The molecule has 2 aromatic carbocycles. The molecule has 6 nitrogen and oxygen atoms in total. The summed E-state index contributed by atoms with van der Waals surface area (Å²) < 4.78 is 12.5. The van der Waals surface area contributed by atoms with Gasteiger partial charge in [-0.2, -0.15) is 5.10 Å². The SMILES string of the molecule is O=C(/C=C/c1cnn(Cc2ccccc2)c1)NCc1ccc2c(c1)OCO2. The first-order valence-corrected chi connectivity index (χ1v) is 8.67. The maximum Gasteiger partial charge on any atom is 0.244 e. The van der Waals surface area contributed by atoms with Crippen molar-refractivity contribution in [3.05, 3.63) is 83.7 Å². The fraction of sp³-hybridized carbons (Fsp3) is 0.143. The number of aromatic nitrogens is 2. The summed E-state index contributed by atoms with van der Waals surface area (Å²) in [6.45, 7) is 1.36. The Bertz CT molecular complexity index is 964. The van der Waals surface area contributed by atoms with Gasteiger partial charge < -0.3 is 14.8 Å². The van der Waals surface area contributed by atoms with E-state index in [1.165, 1.54) is 11.6 Å². The van der Waals surface area contributed by atoms with Crippen molar-refractivity contribution in [1.82, 2.24) is 15.1 Å². The first-order valence-electron chi connectivity index (χ1n) is 8.67. The maximum absolute atomic E-state index is 12.0. The van der Waals surface area contributed by atoms with Gasteiger partial charge in [0.2, 0.25) is 12.7 Å². The molecule has 1 N–H and O–H groups in total. The standard InChI is InChI=1S/C21H19N3O3/c25-21(22-11-17-6-8-19-20(10-17)27-15-26-19)9-7-18-12-23-24(14-18)13-16-4-2-1-3-5-16/h1-10,12,14H,11,13,15H2,(H,22,25)/b9-7+. The van der Waals surface area contributed by atoms with Gasteiger partial charge in [-0.05, 0) is 29.3 Å². The quantitative estimate of drug-likeness (QED) is 0.686. The zero-order valence-electron chi connectivity index (χ0n) is 14.7. The molecule has 1 aliphatic rings. The van der Waals surface area contributed by atoms with Gasteiger partial charge in [0.1, 0.15) is 0 Å². The normalized spacial score (nSPS) is 12.4. The van der Waals surface area contributed by atoms with Crippen molar-refractivity contribution in [3.8, 4) is 11.5 Å². The maximum atomic E-state index is 12.0. The van der Waals surface area contributed by atoms with Gasteiger partial charge in [0.15, 0.2) is 11.5 Å². The Kier molecular flexibility index (Phi) is 4.87. The molecular weight excluding hydrogens is 342 g/mol. The van der Waals surface area contributed by atoms with E-state index in [-0.39, 0.29) is 12.7 Å². The zero-order valence-corrected chi connectivity index (χ0v) is 14.7. The predicted octanol–water partition coefficient (Wildman–Crippen LogP) is 2.99. The van der Waals surface area contributed by atoms with Gasteiger partial charge >= 0.3 is 0 Å². The van der Waals surface area contributed by atoms with Crippen LogP contribution in [0.4, 0.5) is 0 Å². The molecule has 0 aliphatic carbocycles. The van der Waals surface area contributed by atoms with Crippen molar-refractivity contribution < 1.29 is 14.3 Å². The minimum atomic E-state index is -0.163. The van der Waals surface area contributed by atoms with Crippen LogP contribution < -0.4 is 14.8 Å². The number of ether oxygens (including phenoxy) is 2. The molecule has 6 heteroatoms. The van der Waals surface area contributed by atoms with Gasteiger partial charge in [-0.25, -0.2) is 0 Å². The molecule has 136 valence electrons. The molecule has 1 aromatic heterocycles. The van der Waals surface area contributed by atoms with Crippen LogP contribution in [0.3, 0.4) is 0 Å². The van der Waals surface area contributed by atoms with Crippen molar-refractivity contribution in [3.63, 3.8) is 0 Å². The topological polar surface area (TPSA) is 65.4 Å². The number of nitrogens with one attached hydrogen (secondary N) is 1. The Morgan fingerprint density at radius 2 is 1.96 bits per heavy atom. The van der Waals surface area contributed by atoms with Crippen LogP contribution >= 0.6 is 0 Å². The Morgan fingerprint density at radius 1 is 1.11 bits per heavy atom. The third kappa shape index (κ3) is 4.36. The molecule has 0 atom stereocenters. The van der Waals surface area contributed by atoms with Crippen molar-refractivity contribution in [1.29, 1.82) is 0 Å². The van der Waals surface area contributed by atoms with E-state index >= 15 is 0 Å². The van der Waals surface area contributed by atoms with Gasteiger partial charge in [0.05, 0.1) is 12.7 Å². The second-order valence-corrected chi connectivity index (χ2v) is 6.20. The van der Waals surface area contributed by atoms with E-state index in [2.05, 4.69) is 22.5 Å². The molecular formula is C21H19N3O3. The van der Waals surface area contributed by atoms with Gasteiger partial charge in [-0.15, -0.1) is 0 Å². The van der Waals surface area contributed by atoms with Crippen LogP contribution in [0.15, 0.2) is 67.0 Å². The van der Waals surface area contributed by atoms with Crippen molar-refractivity contribution in [2.24, 2.45) is 0 Å². The minimum absolute atomic E-state index is 0.163. The van der Waals surface area contributed by atoms with Crippen molar-refractivity contribution in [2.45, 2.75) is 13.1 Å². The molecule has 0 saturated heterocycles. The first kappa shape index (κ1) is 16.9. The third-order valence-corrected chi connectivity index (χ3v) is 4.17. The number of carbonyl (C=O) groups excluding carboxylic acids is 1. The summed E-state index contributed by atoms with van der Waals surface area (Å²) in [5, 5.41) is 7.18. The lowest BCUT2D eigenvalue weighted by Gasteiger charge is -2.04. The average Bonchev–Trinajstić information content (AvgIpc) is 3.34. The highest BCUT2D eigenvalue weighted by molar-refractivity contribution is 5.91. The number of rotatable bonds is 6. The molecule has 4 rings (SSSR count). The van der Waals surface area contributed by atoms with Crippen LogP contribution in [-0.2, 0) is 17.9 Å². The third-order valence-electron chi connectivity index (χ3n) is 4.17. The number of nitrogens with zero attached hydrogens (tertiary/aromatic N) is 2. The van der Waals surface area contributed by atoms with E-state index in [0.29, 0.717) is 18.8 Å². The molecule has 1 amide bonds. The molecule has 3 aromatic rings. The molecule has 0 unspecified atom stereocenters. The molecule has 0 radical (unpaired) electrons. The molecule has 0 bridgehead atoms. The summed E-state index contributed by atoms with van der Waals surface area (Å²) in [5.41, 5.74) is 3.01. The lowest BCUT2D eigenvalue weighted by atomic mass is 10.2. The van der Waals surface area contributed by atoms with E-state index in [1.54, 1.807) is 12.3 Å². The van der Waals surface area contributed by atoms with Crippen LogP contribution in [0, 0.1) is 0 Å². The lowest BCUT2D eigenvalue weighted by Crippen LogP contribution is -2.20. The second kappa shape index (κ2) is 7.78. The highest BCUT2D eigenvalue weighted by atomic mass is 16.7. The van der Waals surface area contributed by atoms with E-state index < -0.39 is 0 Å². The van der Waals surface area contributed by atoms with Crippen LogP contribution in [0.1, 0.15) is 16.7 Å². The van der Waals surface area contributed by atoms with Crippen molar-refractivity contribution >= 4 is 12.0 Å². The largest absolute Gasteiger partial charge is 0.454 e. The number of hydrogen-bond acceptors (Lipinski definition) is 4. The smallest absolute Gasteiger partial charge is 0.244 e. The zero-order chi connectivity index (χ0) is 18.5. The van der Waals surface area contributed by atoms with Crippen molar-refractivity contribution in [2.75, 3.05) is 6.79 Å². The summed E-state index contributed by atoms with van der Waals surface area (Å²) in [5.74, 6) is 1.28. The van der Waals surface area contributed by atoms with Gasteiger partial charge in [0, 0.05) is 24.4 Å². The molecule has 0 spiro atoms. The highest BCUT2D eigenvalue weighted by Gasteiger charge is 2.13. The number of carbonyl (C=O) groups is 1. The van der Waals surface area contributed by atoms with Crippen LogP contribution in [0.5, 0.6) is 11.5 Å². The average molecular weight is 361 g/mol. The van der Waals surface area contributed by atoms with E-state index in [9.17, 15) is 4.79 Å². The number of benzene rings is 2. The summed E-state index contributed by atoms with van der Waals surface area (Å²) in [7, 11) is 0. The van der Waals surface area contributed by atoms with Gasteiger partial charge in [0.25, 0.3) is 0 Å². The fourth-order valence-corrected chi connectivity index (χ4v) is 2.79.